The van der Waals surface area contributed by atoms with Crippen LogP contribution in [0.15, 0.2) is 60.7 Å². The van der Waals surface area contributed by atoms with Gasteiger partial charge in [0.15, 0.2) is 0 Å². The Morgan fingerprint density at radius 2 is 1.62 bits per heavy atom. The molecule has 1 nitrogen and oxygen atoms in total. The average Bonchev–Trinajstić information content (AvgIpc) is 2.60. The molecule has 1 fully saturated rings. The minimum Gasteiger partial charge on any atom is -0.294 e. The third-order valence-corrected chi connectivity index (χ3v) is 8.25. The average molecular weight is 337 g/mol. The van der Waals surface area contributed by atoms with Crippen LogP contribution in [0.4, 0.5) is 0 Å². The second-order valence-corrected chi connectivity index (χ2v) is 10.3. The summed E-state index contributed by atoms with van der Waals surface area (Å²) in [5.74, 6) is 0.800. The summed E-state index contributed by atoms with van der Waals surface area (Å²) in [4.78, 5) is 2.72. The number of hydrogen-bond acceptors (Lipinski definition) is 1. The van der Waals surface area contributed by atoms with Crippen LogP contribution in [0.2, 0.25) is 12.6 Å². The van der Waals surface area contributed by atoms with Crippen LogP contribution in [0.25, 0.3) is 0 Å². The molecule has 1 radical (unpaired) electrons. The molecule has 0 N–H and O–H groups in total. The highest BCUT2D eigenvalue weighted by Gasteiger charge is 2.39. The summed E-state index contributed by atoms with van der Waals surface area (Å²) in [6.07, 6.45) is 2.72. The van der Waals surface area contributed by atoms with Crippen molar-refractivity contribution >= 4 is 14.0 Å². The monoisotopic (exact) mass is 336 g/mol. The zero-order chi connectivity index (χ0) is 17.0. The number of piperidine rings is 1. The smallest absolute Gasteiger partial charge is 0.0827 e. The molecule has 24 heavy (non-hydrogen) atoms. The van der Waals surface area contributed by atoms with Crippen molar-refractivity contribution in [3.05, 3.63) is 66.2 Å². The Morgan fingerprint density at radius 1 is 1.00 bits per heavy atom. The maximum absolute atomic E-state index is 2.72. The number of likely N-dealkylation sites (tertiary alicyclic amines) is 1. The summed E-state index contributed by atoms with van der Waals surface area (Å²) in [5.41, 5.74) is 1.73. The quantitative estimate of drug-likeness (QED) is 0.715. The zero-order valence-corrected chi connectivity index (χ0v) is 16.3. The lowest BCUT2D eigenvalue weighted by atomic mass is 9.80. The molecule has 2 aromatic rings. The van der Waals surface area contributed by atoms with E-state index in [-0.39, 0.29) is 5.54 Å². The molecule has 0 aromatic heterocycles. The summed E-state index contributed by atoms with van der Waals surface area (Å²) in [5, 5.41) is 1.58. The molecule has 127 valence electrons. The molecule has 0 spiro atoms. The Balaban J connectivity index is 1.69. The molecule has 1 atom stereocenters. The van der Waals surface area contributed by atoms with Crippen LogP contribution in [-0.2, 0) is 6.54 Å². The number of benzene rings is 2. The van der Waals surface area contributed by atoms with Crippen molar-refractivity contribution in [2.24, 2.45) is 5.92 Å². The topological polar surface area (TPSA) is 3.24 Å². The van der Waals surface area contributed by atoms with E-state index in [2.05, 4.69) is 86.0 Å². The maximum atomic E-state index is 2.72. The van der Waals surface area contributed by atoms with Crippen molar-refractivity contribution in [3.63, 3.8) is 0 Å². The van der Waals surface area contributed by atoms with Crippen LogP contribution in [0.3, 0.4) is 0 Å². The molecule has 1 aliphatic rings. The highest BCUT2D eigenvalue weighted by molar-refractivity contribution is 6.72. The molecule has 2 aromatic carbocycles. The summed E-state index contributed by atoms with van der Waals surface area (Å²) in [7, 11) is -0.458. The van der Waals surface area contributed by atoms with Gasteiger partial charge in [-0.1, -0.05) is 78.4 Å². The van der Waals surface area contributed by atoms with Gasteiger partial charge in [0.2, 0.25) is 0 Å². The van der Waals surface area contributed by atoms with Gasteiger partial charge >= 0.3 is 0 Å². The van der Waals surface area contributed by atoms with Gasteiger partial charge in [0.1, 0.15) is 0 Å². The van der Waals surface area contributed by atoms with Crippen molar-refractivity contribution in [1.29, 1.82) is 0 Å². The van der Waals surface area contributed by atoms with E-state index in [4.69, 9.17) is 0 Å². The fourth-order valence-corrected chi connectivity index (χ4v) is 6.52. The van der Waals surface area contributed by atoms with Crippen molar-refractivity contribution in [2.75, 3.05) is 6.54 Å². The van der Waals surface area contributed by atoms with Crippen molar-refractivity contribution < 1.29 is 0 Å². The summed E-state index contributed by atoms with van der Waals surface area (Å²) >= 11 is 0. The van der Waals surface area contributed by atoms with E-state index in [9.17, 15) is 0 Å². The molecule has 1 heterocycles. The molecule has 0 bridgehead atoms. The summed E-state index contributed by atoms with van der Waals surface area (Å²) < 4.78 is 0. The van der Waals surface area contributed by atoms with Gasteiger partial charge in [-0.05, 0) is 44.7 Å². The van der Waals surface area contributed by atoms with Crippen molar-refractivity contribution in [2.45, 2.75) is 51.4 Å². The van der Waals surface area contributed by atoms with E-state index in [1.165, 1.54) is 31.0 Å². The fraction of sp³-hybridized carbons (Fsp3) is 0.455. The van der Waals surface area contributed by atoms with Gasteiger partial charge in [0.25, 0.3) is 0 Å². The molecule has 1 aliphatic heterocycles. The molecule has 3 rings (SSSR count). The van der Waals surface area contributed by atoms with Gasteiger partial charge in [-0.25, -0.2) is 0 Å². The van der Waals surface area contributed by atoms with Crippen LogP contribution in [-0.4, -0.2) is 25.8 Å². The molecule has 0 aliphatic carbocycles. The van der Waals surface area contributed by atoms with Crippen LogP contribution in [0.1, 0.15) is 32.3 Å². The van der Waals surface area contributed by atoms with Gasteiger partial charge in [-0.2, -0.15) is 0 Å². The second-order valence-electron chi connectivity index (χ2n) is 7.75. The molecular weight excluding hydrogens is 306 g/mol. The Kier molecular flexibility index (Phi) is 5.57. The minimum atomic E-state index is -0.458. The first kappa shape index (κ1) is 17.4. The van der Waals surface area contributed by atoms with Crippen molar-refractivity contribution in [1.82, 2.24) is 4.90 Å². The lowest BCUT2D eigenvalue weighted by Gasteiger charge is -2.49. The second kappa shape index (κ2) is 7.67. The van der Waals surface area contributed by atoms with E-state index in [0.717, 1.165) is 12.5 Å². The zero-order valence-electron chi connectivity index (χ0n) is 15.3. The first-order valence-corrected chi connectivity index (χ1v) is 11.4. The molecule has 0 amide bonds. The maximum Gasteiger partial charge on any atom is 0.0827 e. The summed E-state index contributed by atoms with van der Waals surface area (Å²) in [6.45, 7) is 9.75. The highest BCUT2D eigenvalue weighted by atomic mass is 28.3. The lowest BCUT2D eigenvalue weighted by molar-refractivity contribution is 0.0230. The van der Waals surface area contributed by atoms with E-state index in [0.29, 0.717) is 0 Å². The first-order valence-electron chi connectivity index (χ1n) is 9.24. The highest BCUT2D eigenvalue weighted by Crippen LogP contribution is 2.37. The molecule has 1 unspecified atom stereocenters. The molecule has 0 saturated carbocycles. The Bertz CT molecular complexity index is 623. The predicted octanol–water partition coefficient (Wildman–Crippen LogP) is 4.71. The van der Waals surface area contributed by atoms with Crippen LogP contribution in [0.5, 0.6) is 0 Å². The van der Waals surface area contributed by atoms with Crippen LogP contribution >= 0.6 is 0 Å². The van der Waals surface area contributed by atoms with Crippen LogP contribution < -0.4 is 5.19 Å². The minimum absolute atomic E-state index is 0.287. The third kappa shape index (κ3) is 3.99. The number of hydrogen-bond donors (Lipinski definition) is 0. The normalized spacial score (nSPS) is 21.1. The molecule has 2 heteroatoms. The van der Waals surface area contributed by atoms with E-state index in [1.54, 1.807) is 5.19 Å². The first-order chi connectivity index (χ1) is 11.6. The van der Waals surface area contributed by atoms with E-state index >= 15 is 0 Å². The van der Waals surface area contributed by atoms with Gasteiger partial charge in [-0.3, -0.25) is 4.90 Å². The Labute approximate surface area is 149 Å². The standard InChI is InChI=1S/C22H30NSi/c1-22(2)20(18-24(3)21-14-8-5-9-15-21)13-10-16-23(22)17-19-11-6-4-7-12-19/h4-9,11-12,14-15,20H,10,13,16-18H2,1-3H3. The van der Waals surface area contributed by atoms with Gasteiger partial charge in [-0.15, -0.1) is 0 Å². The Morgan fingerprint density at radius 3 is 2.29 bits per heavy atom. The van der Waals surface area contributed by atoms with Crippen LogP contribution in [0, 0.1) is 5.92 Å². The Hall–Kier alpha value is -1.38. The van der Waals surface area contributed by atoms with E-state index < -0.39 is 8.80 Å². The summed E-state index contributed by atoms with van der Waals surface area (Å²) in [6, 6.07) is 23.5. The van der Waals surface area contributed by atoms with Gasteiger partial charge in [0, 0.05) is 12.1 Å². The largest absolute Gasteiger partial charge is 0.294 e. The SMILES string of the molecule is C[Si](CC1CCCN(Cc2ccccc2)C1(C)C)c1ccccc1. The fourth-order valence-electron chi connectivity index (χ4n) is 4.08. The van der Waals surface area contributed by atoms with E-state index in [1.807, 2.05) is 0 Å². The van der Waals surface area contributed by atoms with Crippen molar-refractivity contribution in [3.8, 4) is 0 Å². The van der Waals surface area contributed by atoms with Gasteiger partial charge < -0.3 is 0 Å². The number of nitrogens with zero attached hydrogens (tertiary/aromatic N) is 1. The molecule has 1 saturated heterocycles. The third-order valence-electron chi connectivity index (χ3n) is 5.83. The number of rotatable bonds is 5. The predicted molar refractivity (Wildman–Crippen MR) is 106 cm³/mol. The lowest BCUT2D eigenvalue weighted by Crippen LogP contribution is -2.53. The van der Waals surface area contributed by atoms with Gasteiger partial charge in [0.05, 0.1) is 8.80 Å². The molecular formula is C22H30NSi.